The summed E-state index contributed by atoms with van der Waals surface area (Å²) in [6, 6.07) is 80.6. The summed E-state index contributed by atoms with van der Waals surface area (Å²) in [5.74, 6) is 0. The van der Waals surface area contributed by atoms with Crippen molar-refractivity contribution in [1.29, 1.82) is 0 Å². The van der Waals surface area contributed by atoms with E-state index in [4.69, 9.17) is 23.2 Å². The van der Waals surface area contributed by atoms with E-state index in [0.29, 0.717) is 0 Å². The molecule has 4 aromatic heterocycles. The summed E-state index contributed by atoms with van der Waals surface area (Å²) in [4.78, 5) is 26.5. The van der Waals surface area contributed by atoms with Crippen molar-refractivity contribution in [2.24, 2.45) is 0 Å². The topological polar surface area (TPSA) is 172 Å². The molecule has 0 aliphatic rings. The molecular weight excluding hydrogens is 1390 g/mol. The number of aliphatic hydroxyl groups is 2. The summed E-state index contributed by atoms with van der Waals surface area (Å²) in [5.41, 5.74) is 6.59. The summed E-state index contributed by atoms with van der Waals surface area (Å²) >= 11 is 0. The van der Waals surface area contributed by atoms with Crippen LogP contribution in [0, 0.1) is 32.0 Å². The molecule has 0 aliphatic heterocycles. The van der Waals surface area contributed by atoms with Crippen LogP contribution in [0.3, 0.4) is 0 Å². The van der Waals surface area contributed by atoms with Crippen LogP contribution in [0.15, 0.2) is 225 Å². The molecular formula is C63H52F3Ir2N6O5S-3. The number of hydrogen-bond donors (Lipinski definition) is 3. The Morgan fingerprint density at radius 1 is 0.425 bits per heavy atom. The SMILES string of the molecule is CO.CO.Cc1cccc(-c2[c-]cccc2)n1.Cc1cccc(-c2[c-]cccc2)n1.O=S(=O)(O)C(F)(F)F.[Ir].[Ir].[c-]1ccccc1-c1ncnc2cc3ccccc3cc12.c1ccc(-c2ncnc3cc4ccccc4cc23)cc1. The van der Waals surface area contributed by atoms with E-state index in [-0.39, 0.29) is 40.2 Å². The van der Waals surface area contributed by atoms with E-state index in [0.717, 1.165) is 92.4 Å². The van der Waals surface area contributed by atoms with Crippen LogP contribution in [0.4, 0.5) is 13.2 Å². The van der Waals surface area contributed by atoms with E-state index in [2.05, 4.69) is 115 Å². The van der Waals surface area contributed by atoms with Gasteiger partial charge in [0.05, 0.1) is 16.7 Å². The maximum absolute atomic E-state index is 10.7. The maximum atomic E-state index is 10.7. The van der Waals surface area contributed by atoms with E-state index in [1.54, 1.807) is 12.7 Å². The van der Waals surface area contributed by atoms with E-state index in [1.807, 2.05) is 159 Å². The van der Waals surface area contributed by atoms with Gasteiger partial charge in [-0.25, -0.2) is 15.0 Å². The average Bonchev–Trinajstić information content (AvgIpc) is 3.56. The number of pyridine rings is 2. The Morgan fingerprint density at radius 3 is 1.15 bits per heavy atom. The Labute approximate surface area is 489 Å². The van der Waals surface area contributed by atoms with Gasteiger partial charge in [-0.3, -0.25) is 9.54 Å². The molecule has 0 spiro atoms. The zero-order valence-corrected chi connectivity index (χ0v) is 49.0. The van der Waals surface area contributed by atoms with Gasteiger partial charge in [0.15, 0.2) is 0 Å². The summed E-state index contributed by atoms with van der Waals surface area (Å²) in [5, 5.41) is 21.0. The summed E-state index contributed by atoms with van der Waals surface area (Å²) < 4.78 is 57.5. The first-order chi connectivity index (χ1) is 37.8. The van der Waals surface area contributed by atoms with Crippen molar-refractivity contribution in [1.82, 2.24) is 29.9 Å². The molecule has 0 bridgehead atoms. The number of benzene rings is 8. The van der Waals surface area contributed by atoms with Crippen molar-refractivity contribution in [3.63, 3.8) is 0 Å². The molecule has 4 heterocycles. The Bertz CT molecular complexity index is 3680. The van der Waals surface area contributed by atoms with Crippen LogP contribution in [-0.4, -0.2) is 72.8 Å². The van der Waals surface area contributed by atoms with Gasteiger partial charge in [-0.2, -0.15) is 21.6 Å². The van der Waals surface area contributed by atoms with E-state index in [1.165, 1.54) is 21.5 Å². The number of halogens is 3. The second-order valence-electron chi connectivity index (χ2n) is 16.3. The standard InChI is InChI=1S/C18H12N2.C18H11N2.2C12H10N.CHF3O3S.2CH4O.2Ir/c2*1-2-6-13(7-3-1)18-16-10-14-8-4-5-9-15(14)11-17(16)19-12-20-18;2*1-10-6-5-9-12(13-10)11-7-3-2-4-8-11;2-1(3,4)8(5,6)7;2*1-2;;/h1-12H;1-6,8-12H;2*2-7,9H,1H3;(H,5,6,7);2*2H,1H3;;/q;3*-1;;;;;. The first-order valence-electron chi connectivity index (χ1n) is 23.8. The number of aryl methyl sites for hydroxylation is 2. The minimum atomic E-state index is -5.84. The molecule has 0 atom stereocenters. The van der Waals surface area contributed by atoms with Crippen LogP contribution in [-0.2, 0) is 50.3 Å². The van der Waals surface area contributed by atoms with Gasteiger partial charge >= 0.3 is 15.6 Å². The molecule has 0 saturated carbocycles. The molecule has 412 valence electrons. The summed E-state index contributed by atoms with van der Waals surface area (Å²) in [7, 11) is -3.84. The quantitative estimate of drug-likeness (QED) is 0.0663. The van der Waals surface area contributed by atoms with Gasteiger partial charge in [0, 0.05) is 76.8 Å². The Kier molecular flexibility index (Phi) is 26.1. The second-order valence-corrected chi connectivity index (χ2v) is 17.7. The van der Waals surface area contributed by atoms with Gasteiger partial charge < -0.3 is 20.2 Å². The molecule has 12 rings (SSSR count). The normalized spacial score (nSPS) is 10.3. The van der Waals surface area contributed by atoms with Gasteiger partial charge in [0.1, 0.15) is 12.7 Å². The monoisotopic (exact) mass is 1450 g/mol. The fourth-order valence-corrected chi connectivity index (χ4v) is 7.56. The van der Waals surface area contributed by atoms with Crippen molar-refractivity contribution in [2.75, 3.05) is 14.2 Å². The number of alkyl halides is 3. The Hall–Kier alpha value is -7.82. The third kappa shape index (κ3) is 18.4. The van der Waals surface area contributed by atoms with Gasteiger partial charge in [0.2, 0.25) is 0 Å². The zero-order valence-electron chi connectivity index (χ0n) is 43.4. The second kappa shape index (κ2) is 32.3. The molecule has 0 amide bonds. The first-order valence-corrected chi connectivity index (χ1v) is 25.3. The predicted molar refractivity (Wildman–Crippen MR) is 304 cm³/mol. The van der Waals surface area contributed by atoms with Gasteiger partial charge in [-0.15, -0.1) is 108 Å². The van der Waals surface area contributed by atoms with E-state index in [9.17, 15) is 13.2 Å². The third-order valence-corrected chi connectivity index (χ3v) is 11.6. The van der Waals surface area contributed by atoms with Crippen LogP contribution in [0.1, 0.15) is 11.4 Å². The van der Waals surface area contributed by atoms with Crippen molar-refractivity contribution in [3.8, 4) is 45.0 Å². The Balaban J connectivity index is 0.000000217. The molecule has 12 aromatic rings. The Morgan fingerprint density at radius 2 is 0.775 bits per heavy atom. The molecule has 0 saturated heterocycles. The minimum Gasteiger partial charge on any atom is -0.400 e. The van der Waals surface area contributed by atoms with Crippen molar-refractivity contribution >= 4 is 53.5 Å². The van der Waals surface area contributed by atoms with Crippen LogP contribution in [0.5, 0.6) is 0 Å². The van der Waals surface area contributed by atoms with Crippen molar-refractivity contribution < 1.29 is 76.6 Å². The molecule has 3 N–H and O–H groups in total. The number of rotatable bonds is 4. The molecule has 0 unspecified atom stereocenters. The van der Waals surface area contributed by atoms with Crippen LogP contribution >= 0.6 is 0 Å². The molecule has 17 heteroatoms. The molecule has 2 radical (unpaired) electrons. The smallest absolute Gasteiger partial charge is 0.400 e. The minimum absolute atomic E-state index is 0. The average molecular weight is 1450 g/mol. The van der Waals surface area contributed by atoms with Gasteiger partial charge in [-0.05, 0) is 88.2 Å². The maximum Gasteiger partial charge on any atom is 0.522 e. The van der Waals surface area contributed by atoms with Crippen LogP contribution in [0.25, 0.3) is 88.4 Å². The largest absolute Gasteiger partial charge is 0.522 e. The van der Waals surface area contributed by atoms with Gasteiger partial charge in [0.25, 0.3) is 0 Å². The molecule has 80 heavy (non-hydrogen) atoms. The van der Waals surface area contributed by atoms with E-state index < -0.39 is 15.6 Å². The number of nitrogens with zero attached hydrogens (tertiary/aromatic N) is 6. The zero-order chi connectivity index (χ0) is 55.9. The summed E-state index contributed by atoms with van der Waals surface area (Å²) in [6.07, 6.45) is 3.26. The predicted octanol–water partition coefficient (Wildman–Crippen LogP) is 14.0. The van der Waals surface area contributed by atoms with Gasteiger partial charge in [-0.1, -0.05) is 109 Å². The molecule has 11 nitrogen and oxygen atoms in total. The first kappa shape index (κ1) is 64.7. The summed E-state index contributed by atoms with van der Waals surface area (Å²) in [6.45, 7) is 3.98. The fraction of sp³-hybridized carbons (Fsp3) is 0.0794. The van der Waals surface area contributed by atoms with E-state index >= 15 is 0 Å². The number of fused-ring (bicyclic) bond motifs is 4. The molecule has 8 aromatic carbocycles. The van der Waals surface area contributed by atoms with Crippen molar-refractivity contribution in [3.05, 3.63) is 255 Å². The number of aromatic nitrogens is 6. The van der Waals surface area contributed by atoms with Crippen LogP contribution in [0.2, 0.25) is 0 Å². The number of aliphatic hydroxyl groups excluding tert-OH is 2. The van der Waals surface area contributed by atoms with Crippen LogP contribution < -0.4 is 0 Å². The number of hydrogen-bond acceptors (Lipinski definition) is 10. The third-order valence-electron chi connectivity index (χ3n) is 11.1. The van der Waals surface area contributed by atoms with Crippen molar-refractivity contribution in [2.45, 2.75) is 19.4 Å². The molecule has 0 fully saturated rings. The molecule has 0 aliphatic carbocycles. The fourth-order valence-electron chi connectivity index (χ4n) is 7.56.